The number of carbonyl (C=O) groups excluding carboxylic acids is 2. The molecule has 1 aromatic heterocycles. The number of hydrogen-bond donors (Lipinski definition) is 0. The van der Waals surface area contributed by atoms with E-state index in [1.54, 1.807) is 14.2 Å². The fourth-order valence-corrected chi connectivity index (χ4v) is 5.07. The third kappa shape index (κ3) is 6.04. The van der Waals surface area contributed by atoms with E-state index >= 15 is 0 Å². The molecule has 0 N–H and O–H groups in total. The second-order valence-corrected chi connectivity index (χ2v) is 9.78. The maximum absolute atomic E-state index is 13.8. The molecule has 2 heterocycles. The van der Waals surface area contributed by atoms with E-state index in [1.807, 2.05) is 71.3 Å². The molecule has 1 aliphatic heterocycles. The number of nitrogens with zero attached hydrogens (tertiary/aromatic N) is 3. The van der Waals surface area contributed by atoms with Gasteiger partial charge in [0.15, 0.2) is 0 Å². The standard InChI is InChI=1S/C31H39N3O4/c1-5-6-7-8-12-30(35)32-17-19-33(20-18-32)31(36)28-22-29(24-13-15-26(37-3)16-14-24)34(23(28)2)25-10-9-11-27(21-25)38-4/h9-11,13-16,21-22H,5-8,12,17-20H2,1-4H3. The summed E-state index contributed by atoms with van der Waals surface area (Å²) in [5, 5.41) is 0. The highest BCUT2D eigenvalue weighted by Gasteiger charge is 2.28. The predicted octanol–water partition coefficient (Wildman–Crippen LogP) is 5.72. The van der Waals surface area contributed by atoms with E-state index in [4.69, 9.17) is 9.47 Å². The average Bonchev–Trinajstić information content (AvgIpc) is 3.31. The quantitative estimate of drug-likeness (QED) is 0.323. The lowest BCUT2D eigenvalue weighted by molar-refractivity contribution is -0.132. The summed E-state index contributed by atoms with van der Waals surface area (Å²) in [7, 11) is 3.30. The lowest BCUT2D eigenvalue weighted by Gasteiger charge is -2.35. The molecule has 3 aromatic rings. The number of hydrogen-bond acceptors (Lipinski definition) is 4. The Labute approximate surface area is 226 Å². The molecule has 2 aromatic carbocycles. The Bertz CT molecular complexity index is 1240. The van der Waals surface area contributed by atoms with Crippen LogP contribution in [0.25, 0.3) is 16.9 Å². The van der Waals surface area contributed by atoms with Gasteiger partial charge in [0.05, 0.1) is 25.5 Å². The molecule has 0 atom stereocenters. The summed E-state index contributed by atoms with van der Waals surface area (Å²) >= 11 is 0. The van der Waals surface area contributed by atoms with E-state index in [-0.39, 0.29) is 11.8 Å². The zero-order valence-electron chi connectivity index (χ0n) is 23.0. The summed E-state index contributed by atoms with van der Waals surface area (Å²) in [5.74, 6) is 1.72. The molecule has 2 amide bonds. The number of ether oxygens (including phenoxy) is 2. The zero-order chi connectivity index (χ0) is 27.1. The number of rotatable bonds is 10. The first kappa shape index (κ1) is 27.3. The van der Waals surface area contributed by atoms with E-state index in [2.05, 4.69) is 11.5 Å². The molecule has 38 heavy (non-hydrogen) atoms. The van der Waals surface area contributed by atoms with Gasteiger partial charge in [-0.25, -0.2) is 0 Å². The maximum Gasteiger partial charge on any atom is 0.255 e. The van der Waals surface area contributed by atoms with Gasteiger partial charge in [-0.2, -0.15) is 0 Å². The second kappa shape index (κ2) is 12.7. The van der Waals surface area contributed by atoms with Crippen molar-refractivity contribution in [1.29, 1.82) is 0 Å². The van der Waals surface area contributed by atoms with E-state index < -0.39 is 0 Å². The van der Waals surface area contributed by atoms with Crippen molar-refractivity contribution < 1.29 is 19.1 Å². The summed E-state index contributed by atoms with van der Waals surface area (Å²) in [6.45, 7) is 6.40. The summed E-state index contributed by atoms with van der Waals surface area (Å²) in [4.78, 5) is 30.2. The molecule has 1 fully saturated rings. The lowest BCUT2D eigenvalue weighted by Crippen LogP contribution is -2.50. The van der Waals surface area contributed by atoms with Gasteiger partial charge in [0.2, 0.25) is 5.91 Å². The third-order valence-electron chi connectivity index (χ3n) is 7.34. The van der Waals surface area contributed by atoms with Crippen molar-refractivity contribution in [3.63, 3.8) is 0 Å². The van der Waals surface area contributed by atoms with E-state index in [9.17, 15) is 9.59 Å². The predicted molar refractivity (Wildman–Crippen MR) is 150 cm³/mol. The molecule has 0 aliphatic carbocycles. The minimum absolute atomic E-state index is 0.00560. The van der Waals surface area contributed by atoms with Crippen molar-refractivity contribution in [2.45, 2.75) is 46.0 Å². The average molecular weight is 518 g/mol. The Morgan fingerprint density at radius 3 is 2.16 bits per heavy atom. The first-order valence-electron chi connectivity index (χ1n) is 13.5. The van der Waals surface area contributed by atoms with Crippen LogP contribution in [0, 0.1) is 6.92 Å². The second-order valence-electron chi connectivity index (χ2n) is 9.78. The normalized spacial score (nSPS) is 13.5. The van der Waals surface area contributed by atoms with Crippen molar-refractivity contribution in [1.82, 2.24) is 14.4 Å². The molecule has 0 unspecified atom stereocenters. The fourth-order valence-electron chi connectivity index (χ4n) is 5.07. The Morgan fingerprint density at radius 2 is 1.50 bits per heavy atom. The molecule has 1 aliphatic rings. The van der Waals surface area contributed by atoms with Crippen molar-refractivity contribution in [2.24, 2.45) is 0 Å². The molecule has 0 radical (unpaired) electrons. The van der Waals surface area contributed by atoms with Gasteiger partial charge in [0, 0.05) is 50.0 Å². The van der Waals surface area contributed by atoms with Gasteiger partial charge in [-0.05, 0) is 61.4 Å². The van der Waals surface area contributed by atoms with Gasteiger partial charge in [0.1, 0.15) is 11.5 Å². The maximum atomic E-state index is 13.8. The van der Waals surface area contributed by atoms with Crippen LogP contribution >= 0.6 is 0 Å². The van der Waals surface area contributed by atoms with Crippen molar-refractivity contribution in [3.8, 4) is 28.4 Å². The summed E-state index contributed by atoms with van der Waals surface area (Å²) in [6.07, 6.45) is 4.97. The molecule has 4 rings (SSSR count). The monoisotopic (exact) mass is 517 g/mol. The van der Waals surface area contributed by atoms with Crippen LogP contribution in [0.15, 0.2) is 54.6 Å². The van der Waals surface area contributed by atoms with Gasteiger partial charge in [-0.3, -0.25) is 9.59 Å². The Morgan fingerprint density at radius 1 is 0.816 bits per heavy atom. The van der Waals surface area contributed by atoms with Crippen molar-refractivity contribution in [2.75, 3.05) is 40.4 Å². The first-order chi connectivity index (χ1) is 18.5. The number of carbonyl (C=O) groups is 2. The van der Waals surface area contributed by atoms with Gasteiger partial charge in [0.25, 0.3) is 5.91 Å². The minimum Gasteiger partial charge on any atom is -0.497 e. The Balaban J connectivity index is 1.57. The number of amides is 2. The van der Waals surface area contributed by atoms with Crippen LogP contribution in [0.1, 0.15) is 55.1 Å². The fraction of sp³-hybridized carbons (Fsp3) is 0.419. The van der Waals surface area contributed by atoms with Crippen molar-refractivity contribution in [3.05, 3.63) is 65.9 Å². The van der Waals surface area contributed by atoms with Crippen LogP contribution in [0.5, 0.6) is 11.5 Å². The molecule has 7 heteroatoms. The smallest absolute Gasteiger partial charge is 0.255 e. The molecular formula is C31H39N3O4. The highest BCUT2D eigenvalue weighted by Crippen LogP contribution is 2.32. The lowest BCUT2D eigenvalue weighted by atomic mass is 10.1. The Hall–Kier alpha value is -3.74. The number of aromatic nitrogens is 1. The van der Waals surface area contributed by atoms with Crippen LogP contribution in [0.3, 0.4) is 0 Å². The van der Waals surface area contributed by atoms with Gasteiger partial charge in [-0.15, -0.1) is 0 Å². The number of piperazine rings is 1. The van der Waals surface area contributed by atoms with Gasteiger partial charge >= 0.3 is 0 Å². The molecule has 0 spiro atoms. The molecule has 0 bridgehead atoms. The van der Waals surface area contributed by atoms with Gasteiger partial charge in [-0.1, -0.05) is 32.3 Å². The number of unbranched alkanes of at least 4 members (excludes halogenated alkanes) is 3. The minimum atomic E-state index is -0.00560. The molecule has 0 saturated carbocycles. The topological polar surface area (TPSA) is 64.0 Å². The third-order valence-corrected chi connectivity index (χ3v) is 7.34. The highest BCUT2D eigenvalue weighted by atomic mass is 16.5. The summed E-state index contributed by atoms with van der Waals surface area (Å²) in [5.41, 5.74) is 4.35. The number of methoxy groups -OCH3 is 2. The van der Waals surface area contributed by atoms with Crippen LogP contribution < -0.4 is 9.47 Å². The summed E-state index contributed by atoms with van der Waals surface area (Å²) in [6, 6.07) is 17.7. The van der Waals surface area contributed by atoms with Crippen molar-refractivity contribution >= 4 is 11.8 Å². The van der Waals surface area contributed by atoms with Crippen LogP contribution in [-0.4, -0.2) is 66.6 Å². The first-order valence-corrected chi connectivity index (χ1v) is 13.5. The highest BCUT2D eigenvalue weighted by molar-refractivity contribution is 5.97. The van der Waals surface area contributed by atoms with E-state index in [1.165, 1.54) is 6.42 Å². The van der Waals surface area contributed by atoms with Crippen LogP contribution in [0.2, 0.25) is 0 Å². The SMILES string of the molecule is CCCCCCC(=O)N1CCN(C(=O)c2cc(-c3ccc(OC)cc3)n(-c3cccc(OC)c3)c2C)CC1. The number of benzene rings is 2. The molecule has 1 saturated heterocycles. The van der Waals surface area contributed by atoms with Crippen LogP contribution in [0.4, 0.5) is 0 Å². The zero-order valence-corrected chi connectivity index (χ0v) is 23.0. The van der Waals surface area contributed by atoms with Crippen LogP contribution in [-0.2, 0) is 4.79 Å². The van der Waals surface area contributed by atoms with E-state index in [0.717, 1.165) is 53.4 Å². The molecular weight excluding hydrogens is 478 g/mol. The molecule has 7 nitrogen and oxygen atoms in total. The summed E-state index contributed by atoms with van der Waals surface area (Å²) < 4.78 is 12.9. The largest absolute Gasteiger partial charge is 0.497 e. The Kier molecular flexibility index (Phi) is 9.10. The molecule has 202 valence electrons. The van der Waals surface area contributed by atoms with E-state index in [0.29, 0.717) is 38.2 Å². The van der Waals surface area contributed by atoms with Gasteiger partial charge < -0.3 is 23.8 Å².